The predicted octanol–water partition coefficient (Wildman–Crippen LogP) is 1.69. The van der Waals surface area contributed by atoms with Crippen molar-refractivity contribution in [3.05, 3.63) is 34.1 Å². The molecule has 0 aliphatic rings. The van der Waals surface area contributed by atoms with Crippen LogP contribution in [0, 0.1) is 5.82 Å². The number of hydrogen-bond acceptors (Lipinski definition) is 1. The molecule has 0 aliphatic carbocycles. The molecule has 0 bridgehead atoms. The Morgan fingerprint density at radius 1 is 1.55 bits per heavy atom. The molecule has 1 rings (SSSR count). The lowest BCUT2D eigenvalue weighted by molar-refractivity contribution is 0.0999. The SMILES string of the molecule is NC(=O)c1ccc(F)cc1Br. The van der Waals surface area contributed by atoms with Crippen molar-refractivity contribution in [1.82, 2.24) is 0 Å². The molecule has 4 heteroatoms. The van der Waals surface area contributed by atoms with Crippen LogP contribution < -0.4 is 5.73 Å². The first-order valence-electron chi connectivity index (χ1n) is 2.86. The summed E-state index contributed by atoms with van der Waals surface area (Å²) in [7, 11) is 0. The number of nitrogens with two attached hydrogens (primary N) is 1. The normalized spacial score (nSPS) is 9.64. The largest absolute Gasteiger partial charge is 0.366 e. The van der Waals surface area contributed by atoms with E-state index < -0.39 is 11.7 Å². The molecule has 1 aromatic carbocycles. The van der Waals surface area contributed by atoms with Gasteiger partial charge in [0.1, 0.15) is 5.82 Å². The molecule has 0 unspecified atom stereocenters. The summed E-state index contributed by atoms with van der Waals surface area (Å²) in [6, 6.07) is 3.71. The van der Waals surface area contributed by atoms with Gasteiger partial charge in [0.05, 0.1) is 5.56 Å². The van der Waals surface area contributed by atoms with E-state index in [9.17, 15) is 9.18 Å². The molecule has 2 N–H and O–H groups in total. The van der Waals surface area contributed by atoms with Gasteiger partial charge in [0.2, 0.25) is 5.91 Å². The molecule has 1 aromatic rings. The van der Waals surface area contributed by atoms with Gasteiger partial charge in [0.15, 0.2) is 0 Å². The number of carbonyl (C=O) groups excluding carboxylic acids is 1. The van der Waals surface area contributed by atoms with Gasteiger partial charge >= 0.3 is 0 Å². The molecule has 0 saturated heterocycles. The van der Waals surface area contributed by atoms with E-state index >= 15 is 0 Å². The van der Waals surface area contributed by atoms with Crippen LogP contribution in [0.25, 0.3) is 0 Å². The second kappa shape index (κ2) is 3.00. The fraction of sp³-hybridized carbons (Fsp3) is 0. The quantitative estimate of drug-likeness (QED) is 0.765. The molecule has 1 amide bonds. The van der Waals surface area contributed by atoms with E-state index in [0.717, 1.165) is 0 Å². The third kappa shape index (κ3) is 1.77. The van der Waals surface area contributed by atoms with E-state index in [2.05, 4.69) is 15.9 Å². The lowest BCUT2D eigenvalue weighted by Gasteiger charge is -1.97. The highest BCUT2D eigenvalue weighted by Crippen LogP contribution is 2.16. The molecule has 0 aliphatic heterocycles. The Kier molecular flexibility index (Phi) is 2.24. The number of hydrogen-bond donors (Lipinski definition) is 1. The van der Waals surface area contributed by atoms with Gasteiger partial charge in [-0.05, 0) is 34.1 Å². The summed E-state index contributed by atoms with van der Waals surface area (Å²) in [4.78, 5) is 10.6. The minimum Gasteiger partial charge on any atom is -0.366 e. The van der Waals surface area contributed by atoms with Gasteiger partial charge in [0, 0.05) is 4.47 Å². The summed E-state index contributed by atoms with van der Waals surface area (Å²) < 4.78 is 12.8. The fourth-order valence-corrected chi connectivity index (χ4v) is 1.24. The Morgan fingerprint density at radius 2 is 2.18 bits per heavy atom. The van der Waals surface area contributed by atoms with Crippen LogP contribution in [0.2, 0.25) is 0 Å². The molecular weight excluding hydrogens is 213 g/mol. The van der Waals surface area contributed by atoms with E-state index in [4.69, 9.17) is 5.73 Å². The molecule has 0 spiro atoms. The maximum absolute atomic E-state index is 12.4. The third-order valence-corrected chi connectivity index (χ3v) is 1.85. The molecule has 0 radical (unpaired) electrons. The van der Waals surface area contributed by atoms with Crippen molar-refractivity contribution in [3.63, 3.8) is 0 Å². The minimum atomic E-state index is -0.572. The van der Waals surface area contributed by atoms with Crippen LogP contribution in [0.1, 0.15) is 10.4 Å². The summed E-state index contributed by atoms with van der Waals surface area (Å²) >= 11 is 3.01. The Labute approximate surface area is 71.3 Å². The Morgan fingerprint density at radius 3 is 2.64 bits per heavy atom. The number of rotatable bonds is 1. The number of amides is 1. The summed E-state index contributed by atoms with van der Waals surface area (Å²) in [6.07, 6.45) is 0. The summed E-state index contributed by atoms with van der Waals surface area (Å²) in [5, 5.41) is 0. The monoisotopic (exact) mass is 217 g/mol. The van der Waals surface area contributed by atoms with Crippen molar-refractivity contribution in [2.75, 3.05) is 0 Å². The van der Waals surface area contributed by atoms with E-state index in [0.29, 0.717) is 4.47 Å². The number of primary amides is 1. The average Bonchev–Trinajstić information content (AvgIpc) is 1.85. The Balaban J connectivity index is 3.20. The Hall–Kier alpha value is -0.900. The third-order valence-electron chi connectivity index (χ3n) is 1.20. The zero-order valence-corrected chi connectivity index (χ0v) is 7.06. The van der Waals surface area contributed by atoms with Gasteiger partial charge in [-0.15, -0.1) is 0 Å². The summed E-state index contributed by atoms with van der Waals surface area (Å²) in [5.74, 6) is -0.973. The zero-order valence-electron chi connectivity index (χ0n) is 5.47. The molecule has 2 nitrogen and oxygen atoms in total. The molecule has 0 heterocycles. The van der Waals surface area contributed by atoms with Crippen LogP contribution in [0.15, 0.2) is 22.7 Å². The highest BCUT2D eigenvalue weighted by atomic mass is 79.9. The van der Waals surface area contributed by atoms with E-state index in [-0.39, 0.29) is 5.56 Å². The van der Waals surface area contributed by atoms with Crippen LogP contribution in [0.4, 0.5) is 4.39 Å². The first-order chi connectivity index (χ1) is 5.11. The lowest BCUT2D eigenvalue weighted by atomic mass is 10.2. The second-order valence-corrected chi connectivity index (χ2v) is 2.84. The topological polar surface area (TPSA) is 43.1 Å². The molecule has 11 heavy (non-hydrogen) atoms. The number of halogens is 2. The van der Waals surface area contributed by atoms with Gasteiger partial charge in [-0.1, -0.05) is 0 Å². The second-order valence-electron chi connectivity index (χ2n) is 1.99. The molecule has 0 aromatic heterocycles. The first-order valence-corrected chi connectivity index (χ1v) is 3.65. The van der Waals surface area contributed by atoms with Crippen molar-refractivity contribution in [2.24, 2.45) is 5.73 Å². The number of benzene rings is 1. The molecule has 0 saturated carbocycles. The van der Waals surface area contributed by atoms with Gasteiger partial charge in [0.25, 0.3) is 0 Å². The van der Waals surface area contributed by atoms with Crippen molar-refractivity contribution < 1.29 is 9.18 Å². The number of carbonyl (C=O) groups is 1. The smallest absolute Gasteiger partial charge is 0.249 e. The van der Waals surface area contributed by atoms with Gasteiger partial charge in [-0.2, -0.15) is 0 Å². The summed E-state index contributed by atoms with van der Waals surface area (Å²) in [5.41, 5.74) is 5.26. The summed E-state index contributed by atoms with van der Waals surface area (Å²) in [6.45, 7) is 0. The van der Waals surface area contributed by atoms with Crippen LogP contribution >= 0.6 is 15.9 Å². The van der Waals surface area contributed by atoms with Gasteiger partial charge in [-0.3, -0.25) is 4.79 Å². The maximum Gasteiger partial charge on any atom is 0.249 e. The van der Waals surface area contributed by atoms with Crippen LogP contribution in [0.3, 0.4) is 0 Å². The van der Waals surface area contributed by atoms with Crippen molar-refractivity contribution >= 4 is 21.8 Å². The molecule has 58 valence electrons. The fourth-order valence-electron chi connectivity index (χ4n) is 0.689. The van der Waals surface area contributed by atoms with Crippen LogP contribution in [-0.2, 0) is 0 Å². The Bertz CT molecular complexity index is 300. The van der Waals surface area contributed by atoms with Crippen LogP contribution in [-0.4, -0.2) is 5.91 Å². The lowest BCUT2D eigenvalue weighted by Crippen LogP contribution is -2.11. The molecule has 0 atom stereocenters. The first kappa shape index (κ1) is 8.20. The highest BCUT2D eigenvalue weighted by molar-refractivity contribution is 9.10. The van der Waals surface area contributed by atoms with Crippen molar-refractivity contribution in [1.29, 1.82) is 0 Å². The van der Waals surface area contributed by atoms with E-state index in [1.807, 2.05) is 0 Å². The standard InChI is InChI=1S/C7H5BrFNO/c8-6-3-4(9)1-2-5(6)7(10)11/h1-3H,(H2,10,11). The van der Waals surface area contributed by atoms with Crippen molar-refractivity contribution in [2.45, 2.75) is 0 Å². The predicted molar refractivity (Wildman–Crippen MR) is 42.6 cm³/mol. The van der Waals surface area contributed by atoms with Gasteiger partial charge < -0.3 is 5.73 Å². The molecular formula is C7H5BrFNO. The van der Waals surface area contributed by atoms with Gasteiger partial charge in [-0.25, -0.2) is 4.39 Å². The van der Waals surface area contributed by atoms with Crippen LogP contribution in [0.5, 0.6) is 0 Å². The zero-order chi connectivity index (χ0) is 8.43. The van der Waals surface area contributed by atoms with E-state index in [1.54, 1.807) is 0 Å². The van der Waals surface area contributed by atoms with Crippen molar-refractivity contribution in [3.8, 4) is 0 Å². The molecule has 0 fully saturated rings. The maximum atomic E-state index is 12.4. The minimum absolute atomic E-state index is 0.284. The van der Waals surface area contributed by atoms with E-state index in [1.165, 1.54) is 18.2 Å². The average molecular weight is 218 g/mol. The highest BCUT2D eigenvalue weighted by Gasteiger charge is 2.05.